The molecule has 0 bridgehead atoms. The zero-order valence-electron chi connectivity index (χ0n) is 5.55. The molecule has 1 aromatic heterocycles. The van der Waals surface area contributed by atoms with Crippen LogP contribution in [0.2, 0.25) is 5.02 Å². The standard InChI is InChI=1S/C7H5BrClNO/c8-7-6(9)5(2-4-11)1-3-10-7/h1,3-4H,2H2. The van der Waals surface area contributed by atoms with E-state index >= 15 is 0 Å². The highest BCUT2D eigenvalue weighted by atomic mass is 79.9. The van der Waals surface area contributed by atoms with Gasteiger partial charge < -0.3 is 4.79 Å². The van der Waals surface area contributed by atoms with E-state index in [0.29, 0.717) is 16.0 Å². The SMILES string of the molecule is O=CCc1ccnc(Br)c1Cl. The molecule has 0 N–H and O–H groups in total. The summed E-state index contributed by atoms with van der Waals surface area (Å²) in [4.78, 5) is 14.0. The molecule has 0 saturated carbocycles. The van der Waals surface area contributed by atoms with Gasteiger partial charge in [0.05, 0.1) is 5.02 Å². The predicted molar refractivity (Wildman–Crippen MR) is 46.7 cm³/mol. The number of nitrogens with zero attached hydrogens (tertiary/aromatic N) is 1. The number of carbonyl (C=O) groups is 1. The number of halogens is 2. The largest absolute Gasteiger partial charge is 0.303 e. The highest BCUT2D eigenvalue weighted by Gasteiger charge is 2.02. The van der Waals surface area contributed by atoms with Gasteiger partial charge in [0.1, 0.15) is 10.9 Å². The van der Waals surface area contributed by atoms with E-state index < -0.39 is 0 Å². The number of pyridine rings is 1. The summed E-state index contributed by atoms with van der Waals surface area (Å²) >= 11 is 8.96. The molecule has 0 unspecified atom stereocenters. The molecule has 1 rings (SSSR count). The summed E-state index contributed by atoms with van der Waals surface area (Å²) in [6, 6.07) is 1.72. The number of aromatic nitrogens is 1. The summed E-state index contributed by atoms with van der Waals surface area (Å²) in [6.07, 6.45) is 2.75. The molecule has 0 fully saturated rings. The van der Waals surface area contributed by atoms with Crippen LogP contribution in [0.4, 0.5) is 0 Å². The van der Waals surface area contributed by atoms with Gasteiger partial charge >= 0.3 is 0 Å². The summed E-state index contributed by atoms with van der Waals surface area (Å²) < 4.78 is 0.582. The first-order chi connectivity index (χ1) is 5.25. The first kappa shape index (κ1) is 8.68. The summed E-state index contributed by atoms with van der Waals surface area (Å²) in [7, 11) is 0. The second kappa shape index (κ2) is 3.83. The highest BCUT2D eigenvalue weighted by Crippen LogP contribution is 2.23. The maximum Gasteiger partial charge on any atom is 0.124 e. The minimum absolute atomic E-state index is 0.333. The van der Waals surface area contributed by atoms with Gasteiger partial charge in [-0.15, -0.1) is 0 Å². The first-order valence-corrected chi connectivity index (χ1v) is 4.15. The average molecular weight is 234 g/mol. The molecule has 0 amide bonds. The van der Waals surface area contributed by atoms with Gasteiger partial charge in [-0.25, -0.2) is 4.98 Å². The van der Waals surface area contributed by atoms with E-state index in [0.717, 1.165) is 11.8 Å². The van der Waals surface area contributed by atoms with Crippen molar-refractivity contribution in [3.63, 3.8) is 0 Å². The van der Waals surface area contributed by atoms with Crippen molar-refractivity contribution in [1.29, 1.82) is 0 Å². The molecule has 11 heavy (non-hydrogen) atoms. The quantitative estimate of drug-likeness (QED) is 0.580. The molecule has 0 aliphatic rings. The molecule has 1 heterocycles. The van der Waals surface area contributed by atoms with E-state index in [-0.39, 0.29) is 0 Å². The van der Waals surface area contributed by atoms with Crippen LogP contribution in [-0.4, -0.2) is 11.3 Å². The lowest BCUT2D eigenvalue weighted by Gasteiger charge is -1.99. The van der Waals surface area contributed by atoms with Crippen LogP contribution in [0.25, 0.3) is 0 Å². The lowest BCUT2D eigenvalue weighted by Crippen LogP contribution is -1.89. The Morgan fingerprint density at radius 3 is 3.09 bits per heavy atom. The first-order valence-electron chi connectivity index (χ1n) is 2.98. The lowest BCUT2D eigenvalue weighted by atomic mass is 10.2. The summed E-state index contributed by atoms with van der Waals surface area (Å²) in [5.41, 5.74) is 0.795. The van der Waals surface area contributed by atoms with Crippen molar-refractivity contribution >= 4 is 33.8 Å². The van der Waals surface area contributed by atoms with Crippen molar-refractivity contribution in [3.05, 3.63) is 27.5 Å². The van der Waals surface area contributed by atoms with Crippen molar-refractivity contribution in [2.45, 2.75) is 6.42 Å². The normalized spacial score (nSPS) is 9.64. The fraction of sp³-hybridized carbons (Fsp3) is 0.143. The van der Waals surface area contributed by atoms with E-state index in [1.165, 1.54) is 0 Å². The maximum absolute atomic E-state index is 10.1. The number of hydrogen-bond donors (Lipinski definition) is 0. The molecular weight excluding hydrogens is 229 g/mol. The van der Waals surface area contributed by atoms with Crippen LogP contribution < -0.4 is 0 Å². The van der Waals surface area contributed by atoms with Crippen molar-refractivity contribution in [2.75, 3.05) is 0 Å². The van der Waals surface area contributed by atoms with Gasteiger partial charge in [0.15, 0.2) is 0 Å². The van der Waals surface area contributed by atoms with Crippen LogP contribution in [0.1, 0.15) is 5.56 Å². The van der Waals surface area contributed by atoms with Gasteiger partial charge in [-0.05, 0) is 27.6 Å². The molecule has 0 spiro atoms. The van der Waals surface area contributed by atoms with Crippen LogP contribution in [0.5, 0.6) is 0 Å². The number of hydrogen-bond acceptors (Lipinski definition) is 2. The summed E-state index contributed by atoms with van der Waals surface area (Å²) in [6.45, 7) is 0. The summed E-state index contributed by atoms with van der Waals surface area (Å²) in [5.74, 6) is 0. The van der Waals surface area contributed by atoms with Gasteiger partial charge in [-0.3, -0.25) is 0 Å². The van der Waals surface area contributed by atoms with Crippen molar-refractivity contribution in [2.24, 2.45) is 0 Å². The Labute approximate surface area is 77.7 Å². The van der Waals surface area contributed by atoms with Crippen LogP contribution in [0.15, 0.2) is 16.9 Å². The van der Waals surface area contributed by atoms with E-state index in [1.807, 2.05) is 0 Å². The van der Waals surface area contributed by atoms with Crippen LogP contribution >= 0.6 is 27.5 Å². The van der Waals surface area contributed by atoms with Crippen LogP contribution in [-0.2, 0) is 11.2 Å². The van der Waals surface area contributed by atoms with Crippen molar-refractivity contribution in [3.8, 4) is 0 Å². The van der Waals surface area contributed by atoms with E-state index in [9.17, 15) is 4.79 Å². The second-order valence-electron chi connectivity index (χ2n) is 1.95. The molecule has 0 aliphatic carbocycles. The molecule has 0 radical (unpaired) electrons. The second-order valence-corrected chi connectivity index (χ2v) is 3.07. The zero-order chi connectivity index (χ0) is 8.27. The van der Waals surface area contributed by atoms with E-state index in [4.69, 9.17) is 11.6 Å². The van der Waals surface area contributed by atoms with Gasteiger partial charge in [0, 0.05) is 12.6 Å². The third kappa shape index (κ3) is 2.01. The third-order valence-electron chi connectivity index (χ3n) is 1.23. The molecule has 0 aliphatic heterocycles. The smallest absolute Gasteiger partial charge is 0.124 e. The fourth-order valence-electron chi connectivity index (χ4n) is 0.702. The Morgan fingerprint density at radius 1 is 1.73 bits per heavy atom. The lowest BCUT2D eigenvalue weighted by molar-refractivity contribution is -0.107. The number of rotatable bonds is 2. The average Bonchev–Trinajstić information content (AvgIpc) is 1.99. The summed E-state index contributed by atoms with van der Waals surface area (Å²) in [5, 5.41) is 0.514. The van der Waals surface area contributed by atoms with Gasteiger partial charge in [0.25, 0.3) is 0 Å². The molecule has 4 heteroatoms. The Bertz CT molecular complexity index is 277. The molecule has 0 atom stereocenters. The molecule has 0 saturated heterocycles. The minimum Gasteiger partial charge on any atom is -0.303 e. The van der Waals surface area contributed by atoms with Crippen LogP contribution in [0, 0.1) is 0 Å². The van der Waals surface area contributed by atoms with Crippen molar-refractivity contribution in [1.82, 2.24) is 4.98 Å². The third-order valence-corrected chi connectivity index (χ3v) is 2.48. The number of carbonyl (C=O) groups excluding carboxylic acids is 1. The molecule has 58 valence electrons. The molecule has 2 nitrogen and oxygen atoms in total. The Kier molecular flexibility index (Phi) is 3.02. The van der Waals surface area contributed by atoms with Gasteiger partial charge in [0.2, 0.25) is 0 Å². The Hall–Kier alpha value is -0.410. The monoisotopic (exact) mass is 233 g/mol. The van der Waals surface area contributed by atoms with Gasteiger partial charge in [-0.2, -0.15) is 0 Å². The van der Waals surface area contributed by atoms with Crippen molar-refractivity contribution < 1.29 is 4.79 Å². The Morgan fingerprint density at radius 2 is 2.45 bits per heavy atom. The molecule has 1 aromatic rings. The van der Waals surface area contributed by atoms with Crippen LogP contribution in [0.3, 0.4) is 0 Å². The molecular formula is C7H5BrClNO. The highest BCUT2D eigenvalue weighted by molar-refractivity contribution is 9.10. The van der Waals surface area contributed by atoms with E-state index in [2.05, 4.69) is 20.9 Å². The van der Waals surface area contributed by atoms with E-state index in [1.54, 1.807) is 12.3 Å². The predicted octanol–water partition coefficient (Wildman–Crippen LogP) is 2.24. The number of aldehydes is 1. The van der Waals surface area contributed by atoms with Gasteiger partial charge in [-0.1, -0.05) is 11.6 Å². The minimum atomic E-state index is 0.333. The fourth-order valence-corrected chi connectivity index (χ4v) is 1.26. The zero-order valence-corrected chi connectivity index (χ0v) is 7.89. The topological polar surface area (TPSA) is 30.0 Å². The Balaban J connectivity index is 3.05. The maximum atomic E-state index is 10.1. The molecule has 0 aromatic carbocycles.